The third-order valence-corrected chi connectivity index (χ3v) is 14.3. The number of hydrogen-bond donors (Lipinski definition) is 4. The molecule has 83 heavy (non-hydrogen) atoms. The van der Waals surface area contributed by atoms with Crippen LogP contribution in [0.2, 0.25) is 0 Å². The molecule has 0 radical (unpaired) electrons. The zero-order valence-electron chi connectivity index (χ0n) is 51.1. The van der Waals surface area contributed by atoms with E-state index >= 15 is 0 Å². The Balaban J connectivity index is 4.72. The van der Waals surface area contributed by atoms with Crippen LogP contribution in [0.1, 0.15) is 226 Å². The first-order chi connectivity index (χ1) is 40.2. The molecule has 0 aliphatic heterocycles. The first-order valence-corrected chi connectivity index (χ1v) is 34.2. The molecule has 476 valence electrons. The van der Waals surface area contributed by atoms with E-state index < -0.39 is 91.5 Å². The number of hydrogen-bond acceptors (Lipinski definition) is 14. The van der Waals surface area contributed by atoms with Crippen LogP contribution in [0.15, 0.2) is 109 Å². The molecule has 0 aliphatic carbocycles. The first-order valence-electron chi connectivity index (χ1n) is 31.2. The molecule has 16 nitrogen and oxygen atoms in total. The molecule has 5 atom stereocenters. The third kappa shape index (κ3) is 59.7. The van der Waals surface area contributed by atoms with Gasteiger partial charge in [0.15, 0.2) is 6.10 Å². The van der Waals surface area contributed by atoms with Gasteiger partial charge in [-0.15, -0.1) is 0 Å². The number of esters is 3. The fraction of sp³-hybridized carbons (Fsp3) is 0.677. The fourth-order valence-electron chi connectivity index (χ4n) is 7.73. The molecule has 0 heterocycles. The van der Waals surface area contributed by atoms with E-state index in [0.717, 1.165) is 167 Å². The van der Waals surface area contributed by atoms with Gasteiger partial charge in [-0.2, -0.15) is 0 Å². The number of aliphatic hydroxyl groups is 2. The summed E-state index contributed by atoms with van der Waals surface area (Å²) in [4.78, 5) is 58.2. The highest BCUT2D eigenvalue weighted by Gasteiger charge is 2.29. The van der Waals surface area contributed by atoms with E-state index in [0.29, 0.717) is 19.3 Å². The van der Waals surface area contributed by atoms with Gasteiger partial charge in [0.2, 0.25) is 0 Å². The van der Waals surface area contributed by atoms with Crippen molar-refractivity contribution in [1.29, 1.82) is 0 Å². The lowest BCUT2D eigenvalue weighted by Crippen LogP contribution is -2.30. The number of ether oxygens (including phenoxy) is 3. The highest BCUT2D eigenvalue weighted by Crippen LogP contribution is 2.45. The summed E-state index contributed by atoms with van der Waals surface area (Å²) in [6, 6.07) is 0. The Bertz CT molecular complexity index is 1960. The van der Waals surface area contributed by atoms with Gasteiger partial charge in [0.25, 0.3) is 0 Å². The summed E-state index contributed by atoms with van der Waals surface area (Å²) >= 11 is 0. The van der Waals surface area contributed by atoms with Gasteiger partial charge in [0, 0.05) is 19.3 Å². The van der Waals surface area contributed by atoms with Crippen LogP contribution in [-0.4, -0.2) is 95.9 Å². The van der Waals surface area contributed by atoms with Gasteiger partial charge in [-0.25, -0.2) is 9.13 Å². The molecule has 0 saturated heterocycles. The van der Waals surface area contributed by atoms with E-state index in [1.807, 2.05) is 0 Å². The number of allylic oxidation sites excluding steroid dienone is 18. The van der Waals surface area contributed by atoms with Crippen LogP contribution in [-0.2, 0) is 55.8 Å². The molecule has 18 heteroatoms. The van der Waals surface area contributed by atoms with Crippen molar-refractivity contribution in [2.75, 3.05) is 39.6 Å². The Hall–Kier alpha value is -3.79. The van der Waals surface area contributed by atoms with E-state index in [1.165, 1.54) is 0 Å². The minimum absolute atomic E-state index is 0.0831. The smallest absolute Gasteiger partial charge is 0.463 e. The quantitative estimate of drug-likeness (QED) is 0.0146. The number of carbonyl (C=O) groups is 3. The Kier molecular flexibility index (Phi) is 55.9. The lowest BCUT2D eigenvalue weighted by atomic mass is 10.1. The van der Waals surface area contributed by atoms with Crippen molar-refractivity contribution >= 4 is 33.6 Å². The van der Waals surface area contributed by atoms with Gasteiger partial charge >= 0.3 is 33.6 Å². The third-order valence-electron chi connectivity index (χ3n) is 12.4. The minimum atomic E-state index is -4.93. The SMILES string of the molecule is CC/C=C\C/C=C\C/C=C\C/C=C\CCCCCCC(=O)OCC(O)COP(=O)(O)OCC(O)COP(=O)(O)OCC(COC(=O)CCCCCCCCC/C=C\C/C=C\C/C=C\CC)OC(=O)CCCCCCC/C=C\C/C=C\CCC. The molecule has 0 aromatic carbocycles. The molecule has 0 saturated carbocycles. The minimum Gasteiger partial charge on any atom is -0.463 e. The molecule has 4 N–H and O–H groups in total. The monoisotopic (exact) mass is 1210 g/mol. The van der Waals surface area contributed by atoms with Crippen LogP contribution in [0, 0.1) is 0 Å². The predicted molar refractivity (Wildman–Crippen MR) is 334 cm³/mol. The molecule has 5 unspecified atom stereocenters. The van der Waals surface area contributed by atoms with E-state index in [-0.39, 0.29) is 19.3 Å². The van der Waals surface area contributed by atoms with Gasteiger partial charge in [-0.05, 0) is 116 Å². The molecule has 0 aliphatic rings. The molecule has 0 rings (SSSR count). The summed E-state index contributed by atoms with van der Waals surface area (Å²) in [5.41, 5.74) is 0. The summed E-state index contributed by atoms with van der Waals surface area (Å²) in [7, 11) is -9.78. The Morgan fingerprint density at radius 2 is 0.639 bits per heavy atom. The second kappa shape index (κ2) is 58.6. The van der Waals surface area contributed by atoms with Crippen LogP contribution in [0.25, 0.3) is 0 Å². The average Bonchev–Trinajstić information content (AvgIpc) is 3.46. The van der Waals surface area contributed by atoms with Crippen LogP contribution < -0.4 is 0 Å². The van der Waals surface area contributed by atoms with Crippen LogP contribution >= 0.6 is 15.6 Å². The van der Waals surface area contributed by atoms with E-state index in [1.54, 1.807) is 0 Å². The van der Waals surface area contributed by atoms with E-state index in [2.05, 4.69) is 130 Å². The first kappa shape index (κ1) is 79.2. The normalized spacial score (nSPS) is 15.1. The summed E-state index contributed by atoms with van der Waals surface area (Å²) in [5, 5.41) is 20.5. The van der Waals surface area contributed by atoms with E-state index in [4.69, 9.17) is 32.3 Å². The van der Waals surface area contributed by atoms with Crippen LogP contribution in [0.5, 0.6) is 0 Å². The van der Waals surface area contributed by atoms with Crippen LogP contribution in [0.4, 0.5) is 0 Å². The second-order valence-electron chi connectivity index (χ2n) is 20.4. The van der Waals surface area contributed by atoms with Gasteiger partial charge in [-0.1, -0.05) is 201 Å². The maximum atomic E-state index is 12.9. The second-order valence-corrected chi connectivity index (χ2v) is 23.3. The number of carbonyl (C=O) groups excluding carboxylic acids is 3. The Labute approximate surface area is 500 Å². The fourth-order valence-corrected chi connectivity index (χ4v) is 9.31. The lowest BCUT2D eigenvalue weighted by Gasteiger charge is -2.21. The van der Waals surface area contributed by atoms with Gasteiger partial charge in [-0.3, -0.25) is 32.5 Å². The van der Waals surface area contributed by atoms with Crippen molar-refractivity contribution in [3.63, 3.8) is 0 Å². The molecule has 0 fully saturated rings. The predicted octanol–water partition coefficient (Wildman–Crippen LogP) is 16.5. The van der Waals surface area contributed by atoms with Crippen molar-refractivity contribution in [2.24, 2.45) is 0 Å². The number of rotatable bonds is 58. The highest BCUT2D eigenvalue weighted by molar-refractivity contribution is 7.47. The molecular formula is C65H110O16P2. The van der Waals surface area contributed by atoms with Crippen molar-refractivity contribution in [3.05, 3.63) is 109 Å². The lowest BCUT2D eigenvalue weighted by molar-refractivity contribution is -0.161. The standard InChI is InChI=1S/C65H110O16P2/c1-4-7-10-13-16-19-22-25-27-29-31-34-36-39-42-45-48-51-63(68)75-54-60(66)55-77-82(71,72)78-56-61(67)57-79-83(73,74)80-59-62(81-65(70)53-50-47-44-41-38-33-24-21-18-15-12-9-6-3)58-76-64(69)52-49-46-43-40-37-35-32-30-28-26-23-20-17-14-11-8-5-2/h7-8,10-12,15-17,19-21,24-28,31,34,60-62,66-67H,4-6,9,13-14,18,22-23,29-30,32-33,35-59H2,1-3H3,(H,71,72)(H,73,74)/b10-7-,11-8-,15-12-,19-16-,20-17-,24-21-,27-25-,28-26-,34-31-. The number of phosphoric acid groups is 2. The zero-order valence-corrected chi connectivity index (χ0v) is 52.9. The number of aliphatic hydroxyl groups excluding tert-OH is 2. The maximum Gasteiger partial charge on any atom is 0.472 e. The highest BCUT2D eigenvalue weighted by atomic mass is 31.2. The van der Waals surface area contributed by atoms with Gasteiger partial charge < -0.3 is 34.2 Å². The summed E-state index contributed by atoms with van der Waals surface area (Å²) in [6.07, 6.45) is 62.9. The Morgan fingerprint density at radius 3 is 1.01 bits per heavy atom. The largest absolute Gasteiger partial charge is 0.472 e. The van der Waals surface area contributed by atoms with E-state index in [9.17, 15) is 43.5 Å². The molecule has 0 aromatic rings. The zero-order chi connectivity index (χ0) is 61.0. The van der Waals surface area contributed by atoms with Crippen molar-refractivity contribution in [1.82, 2.24) is 0 Å². The Morgan fingerprint density at radius 1 is 0.349 bits per heavy atom. The molecule has 0 spiro atoms. The maximum absolute atomic E-state index is 12.9. The average molecular weight is 1210 g/mol. The van der Waals surface area contributed by atoms with Crippen molar-refractivity contribution < 1.29 is 75.8 Å². The summed E-state index contributed by atoms with van der Waals surface area (Å²) in [6.45, 7) is 2.29. The summed E-state index contributed by atoms with van der Waals surface area (Å²) < 4.78 is 60.7. The number of unbranched alkanes of at least 4 members (excludes halogenated alkanes) is 17. The van der Waals surface area contributed by atoms with Gasteiger partial charge in [0.05, 0.1) is 26.4 Å². The van der Waals surface area contributed by atoms with Crippen LogP contribution in [0.3, 0.4) is 0 Å². The molecule has 0 bridgehead atoms. The number of phosphoric ester groups is 2. The summed E-state index contributed by atoms with van der Waals surface area (Å²) in [5.74, 6) is -1.63. The molecular weight excluding hydrogens is 1100 g/mol. The van der Waals surface area contributed by atoms with Crippen molar-refractivity contribution in [2.45, 2.75) is 245 Å². The molecule has 0 aromatic heterocycles. The topological polar surface area (TPSA) is 231 Å². The van der Waals surface area contributed by atoms with Crippen molar-refractivity contribution in [3.8, 4) is 0 Å². The molecule has 0 amide bonds. The van der Waals surface area contributed by atoms with Gasteiger partial charge in [0.1, 0.15) is 25.4 Å².